The van der Waals surface area contributed by atoms with Gasteiger partial charge in [0.25, 0.3) is 11.6 Å². The molecular weight excluding hydrogens is 349 g/mol. The van der Waals surface area contributed by atoms with Crippen LogP contribution >= 0.6 is 0 Å². The fourth-order valence-electron chi connectivity index (χ4n) is 2.61. The molecule has 0 saturated heterocycles. The minimum Gasteiger partial charge on any atom is -0.508 e. The van der Waals surface area contributed by atoms with Crippen LogP contribution in [0.2, 0.25) is 0 Å². The topological polar surface area (TPSA) is 73.1 Å². The van der Waals surface area contributed by atoms with Crippen LogP contribution in [-0.2, 0) is 0 Å². The third-order valence-corrected chi connectivity index (χ3v) is 4.13. The first-order valence-electron chi connectivity index (χ1n) is 7.69. The Labute approximate surface area is 147 Å². The van der Waals surface area contributed by atoms with Crippen LogP contribution in [0.3, 0.4) is 0 Å². The van der Waals surface area contributed by atoms with E-state index in [1.54, 1.807) is 24.3 Å². The van der Waals surface area contributed by atoms with E-state index in [0.29, 0.717) is 5.56 Å². The van der Waals surface area contributed by atoms with Gasteiger partial charge in [0.1, 0.15) is 5.75 Å². The fourth-order valence-corrected chi connectivity index (χ4v) is 2.61. The normalized spacial score (nSPS) is 20.2. The minimum absolute atomic E-state index is 0.0445. The number of aliphatic hydroxyl groups is 1. The van der Waals surface area contributed by atoms with Gasteiger partial charge in [-0.05, 0) is 36.8 Å². The first kappa shape index (κ1) is 17.9. The summed E-state index contributed by atoms with van der Waals surface area (Å²) >= 11 is 0. The molecule has 0 aliphatic carbocycles. The molecule has 3 rings (SSSR count). The molecule has 0 spiro atoms. The zero-order valence-corrected chi connectivity index (χ0v) is 13.7. The highest BCUT2D eigenvalue weighted by atomic mass is 19.4. The van der Waals surface area contributed by atoms with Crippen molar-refractivity contribution in [1.82, 2.24) is 5.01 Å². The standard InChI is InChI=1S/C18H15F3N2O3/c1-11-2-4-12(5-3-11)15-10-17(26,18(19,20)21)23(22-15)16(25)13-6-8-14(24)9-7-13/h2-9,24,26H,10H2,1H3/t17-/m0/s1. The molecule has 0 aromatic heterocycles. The third-order valence-electron chi connectivity index (χ3n) is 4.13. The number of phenolic OH excluding ortho intramolecular Hbond substituents is 1. The maximum absolute atomic E-state index is 13.5. The molecule has 2 aromatic carbocycles. The Morgan fingerprint density at radius 1 is 1.12 bits per heavy atom. The van der Waals surface area contributed by atoms with Crippen LogP contribution in [0.25, 0.3) is 0 Å². The van der Waals surface area contributed by atoms with Gasteiger partial charge in [-0.2, -0.15) is 23.3 Å². The molecule has 0 unspecified atom stereocenters. The molecule has 0 fully saturated rings. The van der Waals surface area contributed by atoms with Gasteiger partial charge in [-0.3, -0.25) is 4.79 Å². The first-order chi connectivity index (χ1) is 12.1. The highest BCUT2D eigenvalue weighted by Gasteiger charge is 2.63. The van der Waals surface area contributed by atoms with E-state index < -0.39 is 24.2 Å². The number of phenols is 1. The zero-order valence-electron chi connectivity index (χ0n) is 13.7. The van der Waals surface area contributed by atoms with Crippen LogP contribution in [0, 0.1) is 6.92 Å². The molecule has 5 nitrogen and oxygen atoms in total. The molecule has 0 bridgehead atoms. The largest absolute Gasteiger partial charge is 0.508 e. The Bertz CT molecular complexity index is 861. The number of amides is 1. The summed E-state index contributed by atoms with van der Waals surface area (Å²) in [4.78, 5) is 12.5. The molecular formula is C18H15F3N2O3. The van der Waals surface area contributed by atoms with Crippen molar-refractivity contribution in [2.75, 3.05) is 0 Å². The molecule has 1 atom stereocenters. The average molecular weight is 364 g/mol. The van der Waals surface area contributed by atoms with Crippen LogP contribution in [0.4, 0.5) is 13.2 Å². The molecule has 2 aromatic rings. The number of hydrogen-bond acceptors (Lipinski definition) is 4. The average Bonchev–Trinajstić information content (AvgIpc) is 2.94. The highest BCUT2D eigenvalue weighted by molar-refractivity contribution is 6.05. The molecule has 2 N–H and O–H groups in total. The van der Waals surface area contributed by atoms with Gasteiger partial charge in [0.05, 0.1) is 12.1 Å². The molecule has 0 saturated carbocycles. The fraction of sp³-hybridized carbons (Fsp3) is 0.222. The summed E-state index contributed by atoms with van der Waals surface area (Å²) in [6.45, 7) is 1.83. The van der Waals surface area contributed by atoms with E-state index >= 15 is 0 Å². The summed E-state index contributed by atoms with van der Waals surface area (Å²) in [5, 5.41) is 23.4. The number of aryl methyl sites for hydroxylation is 1. The second-order valence-corrected chi connectivity index (χ2v) is 6.07. The van der Waals surface area contributed by atoms with Crippen molar-refractivity contribution in [2.45, 2.75) is 25.2 Å². The lowest BCUT2D eigenvalue weighted by atomic mass is 10.00. The van der Waals surface area contributed by atoms with Gasteiger partial charge in [-0.15, -0.1) is 0 Å². The van der Waals surface area contributed by atoms with Crippen molar-refractivity contribution in [3.05, 3.63) is 65.2 Å². The molecule has 1 aliphatic heterocycles. The predicted molar refractivity (Wildman–Crippen MR) is 87.6 cm³/mol. The van der Waals surface area contributed by atoms with Gasteiger partial charge >= 0.3 is 6.18 Å². The number of rotatable bonds is 2. The molecule has 0 radical (unpaired) electrons. The summed E-state index contributed by atoms with van der Waals surface area (Å²) in [6, 6.07) is 11.2. The van der Waals surface area contributed by atoms with Crippen LogP contribution < -0.4 is 0 Å². The van der Waals surface area contributed by atoms with Crippen molar-refractivity contribution >= 4 is 11.6 Å². The molecule has 1 heterocycles. The van der Waals surface area contributed by atoms with Crippen molar-refractivity contribution in [3.8, 4) is 5.75 Å². The minimum atomic E-state index is -5.10. The SMILES string of the molecule is Cc1ccc(C2=NN(C(=O)c3ccc(O)cc3)[C@@](O)(C(F)(F)F)C2)cc1. The summed E-state index contributed by atoms with van der Waals surface area (Å²) in [7, 11) is 0. The second kappa shape index (κ2) is 6.14. The third kappa shape index (κ3) is 3.03. The Hall–Kier alpha value is -2.87. The predicted octanol–water partition coefficient (Wildman–Crippen LogP) is 3.20. The molecule has 136 valence electrons. The lowest BCUT2D eigenvalue weighted by Gasteiger charge is -2.32. The molecule has 8 heteroatoms. The Balaban J connectivity index is 2.03. The van der Waals surface area contributed by atoms with Crippen molar-refractivity contribution in [2.24, 2.45) is 5.10 Å². The molecule has 1 amide bonds. The molecule has 1 aliphatic rings. The number of alkyl halides is 3. The summed E-state index contributed by atoms with van der Waals surface area (Å²) < 4.78 is 40.6. The van der Waals surface area contributed by atoms with E-state index in [1.165, 1.54) is 12.1 Å². The maximum atomic E-state index is 13.5. The number of halogens is 3. The number of hydrogen-bond donors (Lipinski definition) is 2. The van der Waals surface area contributed by atoms with Crippen molar-refractivity contribution in [3.63, 3.8) is 0 Å². The van der Waals surface area contributed by atoms with Crippen molar-refractivity contribution < 1.29 is 28.2 Å². The Morgan fingerprint density at radius 3 is 2.23 bits per heavy atom. The quantitative estimate of drug-likeness (QED) is 0.860. The number of hydrazone groups is 1. The first-order valence-corrected chi connectivity index (χ1v) is 7.69. The van der Waals surface area contributed by atoms with E-state index in [0.717, 1.165) is 17.7 Å². The van der Waals surface area contributed by atoms with Gasteiger partial charge < -0.3 is 10.2 Å². The lowest BCUT2D eigenvalue weighted by molar-refractivity contribution is -0.297. The van der Waals surface area contributed by atoms with Crippen molar-refractivity contribution in [1.29, 1.82) is 0 Å². The van der Waals surface area contributed by atoms with Crippen LogP contribution in [-0.4, -0.2) is 38.7 Å². The van der Waals surface area contributed by atoms with Gasteiger partial charge in [-0.1, -0.05) is 29.8 Å². The summed E-state index contributed by atoms with van der Waals surface area (Å²) in [5.41, 5.74) is -2.33. The Morgan fingerprint density at radius 2 is 1.69 bits per heavy atom. The summed E-state index contributed by atoms with van der Waals surface area (Å²) in [5.74, 6) is -1.26. The smallest absolute Gasteiger partial charge is 0.438 e. The summed E-state index contributed by atoms with van der Waals surface area (Å²) in [6.07, 6.45) is -5.97. The lowest BCUT2D eigenvalue weighted by Crippen LogP contribution is -2.56. The van der Waals surface area contributed by atoms with Gasteiger partial charge in [0.2, 0.25) is 0 Å². The van der Waals surface area contributed by atoms with Gasteiger partial charge in [-0.25, -0.2) is 0 Å². The van der Waals surface area contributed by atoms with Gasteiger partial charge in [0, 0.05) is 5.56 Å². The van der Waals surface area contributed by atoms with Crippen LogP contribution in [0.15, 0.2) is 53.6 Å². The number of nitrogens with zero attached hydrogens (tertiary/aromatic N) is 2. The van der Waals surface area contributed by atoms with E-state index in [4.69, 9.17) is 0 Å². The Kier molecular flexibility index (Phi) is 4.23. The van der Waals surface area contributed by atoms with Crippen LogP contribution in [0.1, 0.15) is 27.9 Å². The van der Waals surface area contributed by atoms with Gasteiger partial charge in [0.15, 0.2) is 0 Å². The van der Waals surface area contributed by atoms with E-state index in [1.807, 2.05) is 6.92 Å². The van der Waals surface area contributed by atoms with E-state index in [9.17, 15) is 28.2 Å². The van der Waals surface area contributed by atoms with E-state index in [2.05, 4.69) is 5.10 Å². The maximum Gasteiger partial charge on any atom is 0.438 e. The molecule has 26 heavy (non-hydrogen) atoms. The second-order valence-electron chi connectivity index (χ2n) is 6.07. The number of aromatic hydroxyl groups is 1. The van der Waals surface area contributed by atoms with E-state index in [-0.39, 0.29) is 22.0 Å². The number of carbonyl (C=O) groups is 1. The highest BCUT2D eigenvalue weighted by Crippen LogP contribution is 2.42. The van der Waals surface area contributed by atoms with Crippen LogP contribution in [0.5, 0.6) is 5.75 Å². The monoisotopic (exact) mass is 364 g/mol. The zero-order chi connectivity index (χ0) is 19.1. The number of carbonyl (C=O) groups excluding carboxylic acids is 1. The number of benzene rings is 2.